The number of fused-ring (bicyclic) bond motifs is 1. The van der Waals surface area contributed by atoms with Gasteiger partial charge in [0.25, 0.3) is 0 Å². The number of piperidine rings is 1. The summed E-state index contributed by atoms with van der Waals surface area (Å²) < 4.78 is 11.1. The standard InChI is InChI=1S/C26H31N5O4/c1-34-25(33)17-2-6-18(7-3-17)30-26-29-15-22-23(31-26)21(16-4-8-19(32)9-5-16)14-28-24(22)35-20-10-12-27-13-11-20/h2-3,6-7,14-16,19-20,27,32H,4-5,8-13H2,1H3,(H,29,30,31). The lowest BCUT2D eigenvalue weighted by molar-refractivity contribution is 0.0600. The Morgan fingerprint density at radius 1 is 1.03 bits per heavy atom. The molecule has 3 N–H and O–H groups in total. The molecule has 2 fully saturated rings. The Morgan fingerprint density at radius 3 is 2.49 bits per heavy atom. The molecule has 2 aromatic heterocycles. The van der Waals surface area contributed by atoms with E-state index in [1.807, 2.05) is 6.20 Å². The Hall–Kier alpha value is -3.30. The Morgan fingerprint density at radius 2 is 1.77 bits per heavy atom. The lowest BCUT2D eigenvalue weighted by atomic mass is 9.83. The molecule has 9 heteroatoms. The molecular formula is C26H31N5O4. The first kappa shape index (κ1) is 23.4. The molecule has 3 aromatic rings. The first-order chi connectivity index (χ1) is 17.1. The Bertz CT molecular complexity index is 1170. The van der Waals surface area contributed by atoms with E-state index in [0.717, 1.165) is 73.8 Å². The predicted octanol–water partition coefficient (Wildman–Crippen LogP) is 3.70. The lowest BCUT2D eigenvalue weighted by Crippen LogP contribution is -2.34. The Kier molecular flexibility index (Phi) is 7.06. The number of aliphatic hydroxyl groups is 1. The number of carbonyl (C=O) groups is 1. The lowest BCUT2D eigenvalue weighted by Gasteiger charge is -2.27. The summed E-state index contributed by atoms with van der Waals surface area (Å²) in [6.07, 6.45) is 8.79. The second-order valence-electron chi connectivity index (χ2n) is 9.24. The van der Waals surface area contributed by atoms with Gasteiger partial charge >= 0.3 is 5.97 Å². The maximum atomic E-state index is 11.7. The van der Waals surface area contributed by atoms with Gasteiger partial charge in [0.05, 0.1) is 29.7 Å². The number of rotatable bonds is 6. The van der Waals surface area contributed by atoms with E-state index in [4.69, 9.17) is 19.4 Å². The second-order valence-corrected chi connectivity index (χ2v) is 9.24. The number of benzene rings is 1. The zero-order chi connectivity index (χ0) is 24.2. The van der Waals surface area contributed by atoms with Gasteiger partial charge in [0.2, 0.25) is 11.8 Å². The molecule has 2 aliphatic rings. The third-order valence-electron chi connectivity index (χ3n) is 6.88. The van der Waals surface area contributed by atoms with Gasteiger partial charge in [-0.05, 0) is 81.8 Å². The largest absolute Gasteiger partial charge is 0.474 e. The summed E-state index contributed by atoms with van der Waals surface area (Å²) in [4.78, 5) is 25.8. The van der Waals surface area contributed by atoms with Gasteiger partial charge in [-0.15, -0.1) is 0 Å². The van der Waals surface area contributed by atoms with E-state index in [1.54, 1.807) is 30.5 Å². The number of ether oxygens (including phenoxy) is 2. The van der Waals surface area contributed by atoms with Crippen molar-refractivity contribution in [3.63, 3.8) is 0 Å². The number of nitrogens with zero attached hydrogens (tertiary/aromatic N) is 3. The first-order valence-electron chi connectivity index (χ1n) is 12.3. The molecule has 0 atom stereocenters. The van der Waals surface area contributed by atoms with E-state index in [-0.39, 0.29) is 24.1 Å². The van der Waals surface area contributed by atoms with Gasteiger partial charge in [-0.3, -0.25) is 0 Å². The summed E-state index contributed by atoms with van der Waals surface area (Å²) >= 11 is 0. The molecule has 1 aliphatic heterocycles. The van der Waals surface area contributed by atoms with E-state index >= 15 is 0 Å². The van der Waals surface area contributed by atoms with Crippen molar-refractivity contribution in [1.29, 1.82) is 0 Å². The zero-order valence-corrected chi connectivity index (χ0v) is 19.9. The summed E-state index contributed by atoms with van der Waals surface area (Å²) in [6.45, 7) is 1.87. The fourth-order valence-electron chi connectivity index (χ4n) is 4.86. The van der Waals surface area contributed by atoms with Crippen LogP contribution >= 0.6 is 0 Å². The second kappa shape index (κ2) is 10.5. The quantitative estimate of drug-likeness (QED) is 0.457. The number of esters is 1. The predicted molar refractivity (Wildman–Crippen MR) is 132 cm³/mol. The normalized spacial score (nSPS) is 21.0. The van der Waals surface area contributed by atoms with Crippen LogP contribution < -0.4 is 15.4 Å². The van der Waals surface area contributed by atoms with Gasteiger partial charge in [-0.2, -0.15) is 0 Å². The van der Waals surface area contributed by atoms with Crippen LogP contribution in [0.15, 0.2) is 36.7 Å². The maximum absolute atomic E-state index is 11.7. The number of pyridine rings is 1. The van der Waals surface area contributed by atoms with E-state index in [9.17, 15) is 9.90 Å². The number of carbonyl (C=O) groups excluding carboxylic acids is 1. The third kappa shape index (κ3) is 5.36. The van der Waals surface area contributed by atoms with Crippen LogP contribution in [0.2, 0.25) is 0 Å². The molecule has 0 radical (unpaired) electrons. The van der Waals surface area contributed by atoms with Crippen LogP contribution in [0.5, 0.6) is 5.88 Å². The average molecular weight is 478 g/mol. The van der Waals surface area contributed by atoms with E-state index in [0.29, 0.717) is 17.4 Å². The highest BCUT2D eigenvalue weighted by Crippen LogP contribution is 2.38. The van der Waals surface area contributed by atoms with E-state index in [2.05, 4.69) is 15.6 Å². The minimum atomic E-state index is -0.380. The molecule has 1 aliphatic carbocycles. The number of hydrogen-bond donors (Lipinski definition) is 3. The van der Waals surface area contributed by atoms with Gasteiger partial charge in [0.15, 0.2) is 0 Å². The molecule has 35 heavy (non-hydrogen) atoms. The minimum Gasteiger partial charge on any atom is -0.474 e. The van der Waals surface area contributed by atoms with Gasteiger partial charge in [0.1, 0.15) is 6.10 Å². The van der Waals surface area contributed by atoms with Gasteiger partial charge < -0.3 is 25.2 Å². The fourth-order valence-corrected chi connectivity index (χ4v) is 4.86. The molecule has 1 saturated heterocycles. The smallest absolute Gasteiger partial charge is 0.337 e. The highest BCUT2D eigenvalue weighted by atomic mass is 16.5. The summed E-state index contributed by atoms with van der Waals surface area (Å²) in [7, 11) is 1.36. The van der Waals surface area contributed by atoms with Crippen LogP contribution in [0.25, 0.3) is 10.9 Å². The monoisotopic (exact) mass is 477 g/mol. The number of methoxy groups -OCH3 is 1. The molecule has 1 aromatic carbocycles. The molecule has 184 valence electrons. The van der Waals surface area contributed by atoms with Crippen LogP contribution in [0.4, 0.5) is 11.6 Å². The minimum absolute atomic E-state index is 0.119. The van der Waals surface area contributed by atoms with Gasteiger partial charge in [-0.1, -0.05) is 0 Å². The van der Waals surface area contributed by atoms with Crippen LogP contribution in [0.1, 0.15) is 60.4 Å². The fraction of sp³-hybridized carbons (Fsp3) is 0.462. The average Bonchev–Trinajstić information content (AvgIpc) is 2.90. The van der Waals surface area contributed by atoms with Crippen molar-refractivity contribution in [2.45, 2.75) is 56.7 Å². The molecule has 0 unspecified atom stereocenters. The first-order valence-corrected chi connectivity index (χ1v) is 12.3. The van der Waals surface area contributed by atoms with Gasteiger partial charge in [-0.25, -0.2) is 19.7 Å². The van der Waals surface area contributed by atoms with E-state index in [1.165, 1.54) is 7.11 Å². The maximum Gasteiger partial charge on any atom is 0.337 e. The van der Waals surface area contributed by atoms with Crippen LogP contribution in [0.3, 0.4) is 0 Å². The molecule has 3 heterocycles. The Labute approximate surface area is 204 Å². The molecule has 1 saturated carbocycles. The van der Waals surface area contributed by atoms with Crippen molar-refractivity contribution in [1.82, 2.24) is 20.3 Å². The van der Waals surface area contributed by atoms with Crippen LogP contribution in [0, 0.1) is 0 Å². The SMILES string of the molecule is COC(=O)c1ccc(Nc2ncc3c(OC4CCNCC4)ncc(C4CCC(O)CC4)c3n2)cc1. The van der Waals surface area contributed by atoms with Crippen molar-refractivity contribution in [2.75, 3.05) is 25.5 Å². The van der Waals surface area contributed by atoms with Crippen molar-refractivity contribution >= 4 is 28.5 Å². The molecule has 0 bridgehead atoms. The summed E-state index contributed by atoms with van der Waals surface area (Å²) in [5.74, 6) is 0.929. The summed E-state index contributed by atoms with van der Waals surface area (Å²) in [6, 6.07) is 6.98. The van der Waals surface area contributed by atoms with Crippen LogP contribution in [-0.2, 0) is 4.74 Å². The number of aliphatic hydroxyl groups excluding tert-OH is 1. The number of hydrogen-bond acceptors (Lipinski definition) is 9. The summed E-state index contributed by atoms with van der Waals surface area (Å²) in [5, 5.41) is 17.4. The molecule has 9 nitrogen and oxygen atoms in total. The number of nitrogens with one attached hydrogen (secondary N) is 2. The summed E-state index contributed by atoms with van der Waals surface area (Å²) in [5.41, 5.74) is 3.13. The molecule has 0 amide bonds. The van der Waals surface area contributed by atoms with Crippen molar-refractivity contribution in [3.05, 3.63) is 47.8 Å². The zero-order valence-electron chi connectivity index (χ0n) is 19.9. The topological polar surface area (TPSA) is 118 Å². The highest BCUT2D eigenvalue weighted by molar-refractivity contribution is 5.90. The van der Waals surface area contributed by atoms with E-state index < -0.39 is 0 Å². The van der Waals surface area contributed by atoms with Crippen molar-refractivity contribution in [3.8, 4) is 5.88 Å². The molecule has 0 spiro atoms. The van der Waals surface area contributed by atoms with Gasteiger partial charge in [0, 0.05) is 23.6 Å². The molecule has 5 rings (SSSR count). The number of aromatic nitrogens is 3. The van der Waals surface area contributed by atoms with Crippen LogP contribution in [-0.4, -0.2) is 58.4 Å². The van der Waals surface area contributed by atoms with Crippen molar-refractivity contribution < 1.29 is 19.4 Å². The highest BCUT2D eigenvalue weighted by Gasteiger charge is 2.25. The van der Waals surface area contributed by atoms with Crippen molar-refractivity contribution in [2.24, 2.45) is 0 Å². The Balaban J connectivity index is 1.46. The molecular weight excluding hydrogens is 446 g/mol. The third-order valence-corrected chi connectivity index (χ3v) is 6.88. The number of anilines is 2.